The van der Waals surface area contributed by atoms with Crippen LogP contribution in [0.25, 0.3) is 10.9 Å². The second-order valence-electron chi connectivity index (χ2n) is 3.03. The summed E-state index contributed by atoms with van der Waals surface area (Å²) in [6, 6.07) is 5.15. The van der Waals surface area contributed by atoms with Crippen LogP contribution in [0.5, 0.6) is 0 Å². The largest absolute Gasteiger partial charge is 0.416 e. The summed E-state index contributed by atoms with van der Waals surface area (Å²) in [5.74, 6) is 0. The van der Waals surface area contributed by atoms with Gasteiger partial charge >= 0.3 is 6.18 Å². The summed E-state index contributed by atoms with van der Waals surface area (Å²) in [5.41, 5.74) is -0.531. The van der Waals surface area contributed by atoms with Gasteiger partial charge in [-0.1, -0.05) is 11.6 Å². The second-order valence-corrected chi connectivity index (χ2v) is 3.43. The van der Waals surface area contributed by atoms with Gasteiger partial charge in [0.1, 0.15) is 0 Å². The molecule has 1 nitrogen and oxygen atoms in total. The Morgan fingerprint density at radius 3 is 2.60 bits per heavy atom. The van der Waals surface area contributed by atoms with Crippen LogP contribution in [-0.4, -0.2) is 4.98 Å². The van der Waals surface area contributed by atoms with Crippen LogP contribution in [0, 0.1) is 0 Å². The molecule has 1 heterocycles. The molecule has 1 aromatic carbocycles. The Bertz CT molecular complexity index is 507. The van der Waals surface area contributed by atoms with Crippen LogP contribution >= 0.6 is 11.6 Å². The Morgan fingerprint density at radius 2 is 1.93 bits per heavy atom. The third-order valence-corrected chi connectivity index (χ3v) is 2.31. The van der Waals surface area contributed by atoms with Gasteiger partial charge < -0.3 is 0 Å². The molecule has 0 aliphatic heterocycles. The number of fused-ring (bicyclic) bond motifs is 1. The molecule has 5 heteroatoms. The smallest absolute Gasteiger partial charge is 0.256 e. The third kappa shape index (κ3) is 1.90. The molecule has 0 saturated carbocycles. The summed E-state index contributed by atoms with van der Waals surface area (Å²) in [7, 11) is 0. The average Bonchev–Trinajstić information content (AvgIpc) is 2.16. The lowest BCUT2D eigenvalue weighted by atomic mass is 10.1. The van der Waals surface area contributed by atoms with E-state index in [0.717, 1.165) is 12.1 Å². The Labute approximate surface area is 88.5 Å². The summed E-state index contributed by atoms with van der Waals surface area (Å²) in [6.07, 6.45) is -2.96. The fourth-order valence-corrected chi connectivity index (χ4v) is 1.58. The summed E-state index contributed by atoms with van der Waals surface area (Å²) in [5, 5.41) is 0.583. The number of nitrogens with zero attached hydrogens (tertiary/aromatic N) is 1. The molecule has 1 aromatic heterocycles. The van der Waals surface area contributed by atoms with Crippen LogP contribution in [0.2, 0.25) is 5.02 Å². The molecule has 0 amide bonds. The third-order valence-electron chi connectivity index (χ3n) is 2.00. The summed E-state index contributed by atoms with van der Waals surface area (Å²) >= 11 is 5.73. The van der Waals surface area contributed by atoms with Crippen molar-refractivity contribution in [2.75, 3.05) is 0 Å². The lowest BCUT2D eigenvalue weighted by Gasteiger charge is -2.08. The summed E-state index contributed by atoms with van der Waals surface area (Å²) < 4.78 is 37.2. The molecule has 0 N–H and O–H groups in total. The van der Waals surface area contributed by atoms with Crippen LogP contribution in [0.3, 0.4) is 0 Å². The molecule has 2 aromatic rings. The highest BCUT2D eigenvalue weighted by molar-refractivity contribution is 6.35. The molecule has 0 bridgehead atoms. The number of alkyl halides is 3. The van der Waals surface area contributed by atoms with Gasteiger partial charge in [-0.05, 0) is 24.3 Å². The first-order valence-corrected chi connectivity index (χ1v) is 4.48. The number of aromatic nitrogens is 1. The van der Waals surface area contributed by atoms with E-state index in [4.69, 9.17) is 11.6 Å². The topological polar surface area (TPSA) is 12.9 Å². The monoisotopic (exact) mass is 231 g/mol. The second kappa shape index (κ2) is 3.38. The van der Waals surface area contributed by atoms with E-state index in [1.165, 1.54) is 6.20 Å². The molecule has 0 atom stereocenters. The van der Waals surface area contributed by atoms with Gasteiger partial charge in [0.05, 0.1) is 16.1 Å². The molecule has 0 spiro atoms. The van der Waals surface area contributed by atoms with Crippen molar-refractivity contribution in [1.82, 2.24) is 4.98 Å². The van der Waals surface area contributed by atoms with Gasteiger partial charge in [0.2, 0.25) is 0 Å². The maximum atomic E-state index is 12.4. The standard InChI is InChI=1S/C10H5ClF3N/c11-8-4-6(10(12,13)14)5-9-7(8)2-1-3-15-9/h1-5H. The van der Waals surface area contributed by atoms with Crippen molar-refractivity contribution in [3.05, 3.63) is 41.0 Å². The van der Waals surface area contributed by atoms with Crippen molar-refractivity contribution in [1.29, 1.82) is 0 Å². The van der Waals surface area contributed by atoms with E-state index in [1.54, 1.807) is 12.1 Å². The fourth-order valence-electron chi connectivity index (χ4n) is 1.30. The van der Waals surface area contributed by atoms with E-state index < -0.39 is 11.7 Å². The minimum Gasteiger partial charge on any atom is -0.256 e. The summed E-state index contributed by atoms with van der Waals surface area (Å²) in [6.45, 7) is 0. The maximum absolute atomic E-state index is 12.4. The molecule has 0 unspecified atom stereocenters. The highest BCUT2D eigenvalue weighted by Gasteiger charge is 2.31. The first-order chi connectivity index (χ1) is 6.98. The fraction of sp³-hybridized carbons (Fsp3) is 0.100. The first kappa shape index (κ1) is 10.2. The van der Waals surface area contributed by atoms with Gasteiger partial charge in [0.25, 0.3) is 0 Å². The van der Waals surface area contributed by atoms with Crippen molar-refractivity contribution in [3.8, 4) is 0 Å². The molecule has 78 valence electrons. The molecule has 0 radical (unpaired) electrons. The normalized spacial score (nSPS) is 12.0. The molecule has 2 rings (SSSR count). The van der Waals surface area contributed by atoms with Gasteiger partial charge in [-0.3, -0.25) is 4.98 Å². The molecule has 0 aliphatic rings. The van der Waals surface area contributed by atoms with E-state index >= 15 is 0 Å². The van der Waals surface area contributed by atoms with Gasteiger partial charge in [-0.25, -0.2) is 0 Å². The van der Waals surface area contributed by atoms with Crippen LogP contribution < -0.4 is 0 Å². The molecule has 0 aliphatic carbocycles. The van der Waals surface area contributed by atoms with Crippen LogP contribution in [-0.2, 0) is 6.18 Å². The Balaban J connectivity index is 2.73. The lowest BCUT2D eigenvalue weighted by Crippen LogP contribution is -2.04. The number of hydrogen-bond donors (Lipinski definition) is 0. The average molecular weight is 232 g/mol. The van der Waals surface area contributed by atoms with Crippen LogP contribution in [0.4, 0.5) is 13.2 Å². The molecular weight excluding hydrogens is 227 g/mol. The van der Waals surface area contributed by atoms with Gasteiger partial charge in [0, 0.05) is 11.6 Å². The summed E-state index contributed by atoms with van der Waals surface area (Å²) in [4.78, 5) is 3.83. The zero-order valence-electron chi connectivity index (χ0n) is 7.35. The minimum atomic E-state index is -4.39. The van der Waals surface area contributed by atoms with Crippen molar-refractivity contribution in [2.24, 2.45) is 0 Å². The lowest BCUT2D eigenvalue weighted by molar-refractivity contribution is -0.137. The van der Waals surface area contributed by atoms with E-state index in [9.17, 15) is 13.2 Å². The minimum absolute atomic E-state index is 0.0629. The van der Waals surface area contributed by atoms with Crippen molar-refractivity contribution >= 4 is 22.5 Å². The van der Waals surface area contributed by atoms with Crippen molar-refractivity contribution < 1.29 is 13.2 Å². The van der Waals surface area contributed by atoms with E-state index in [-0.39, 0.29) is 10.5 Å². The number of benzene rings is 1. The highest BCUT2D eigenvalue weighted by Crippen LogP contribution is 2.34. The van der Waals surface area contributed by atoms with E-state index in [0.29, 0.717) is 5.39 Å². The zero-order chi connectivity index (χ0) is 11.1. The Morgan fingerprint density at radius 1 is 1.20 bits per heavy atom. The highest BCUT2D eigenvalue weighted by atomic mass is 35.5. The predicted octanol–water partition coefficient (Wildman–Crippen LogP) is 3.91. The molecule has 0 saturated heterocycles. The quantitative estimate of drug-likeness (QED) is 0.670. The predicted molar refractivity (Wildman–Crippen MR) is 51.8 cm³/mol. The maximum Gasteiger partial charge on any atom is 0.416 e. The number of pyridine rings is 1. The molecular formula is C10H5ClF3N. The van der Waals surface area contributed by atoms with E-state index in [2.05, 4.69) is 4.98 Å². The van der Waals surface area contributed by atoms with Crippen LogP contribution in [0.1, 0.15) is 5.56 Å². The van der Waals surface area contributed by atoms with Gasteiger partial charge in [0.15, 0.2) is 0 Å². The number of hydrogen-bond acceptors (Lipinski definition) is 1. The SMILES string of the molecule is FC(F)(F)c1cc(Cl)c2cccnc2c1. The Hall–Kier alpha value is -1.29. The molecule has 15 heavy (non-hydrogen) atoms. The van der Waals surface area contributed by atoms with E-state index in [1.807, 2.05) is 0 Å². The van der Waals surface area contributed by atoms with Crippen molar-refractivity contribution in [3.63, 3.8) is 0 Å². The van der Waals surface area contributed by atoms with Crippen LogP contribution in [0.15, 0.2) is 30.5 Å². The zero-order valence-corrected chi connectivity index (χ0v) is 8.10. The number of halogens is 4. The van der Waals surface area contributed by atoms with Crippen molar-refractivity contribution in [2.45, 2.75) is 6.18 Å². The van der Waals surface area contributed by atoms with Gasteiger partial charge in [-0.2, -0.15) is 13.2 Å². The van der Waals surface area contributed by atoms with Gasteiger partial charge in [-0.15, -0.1) is 0 Å². The molecule has 0 fully saturated rings. The first-order valence-electron chi connectivity index (χ1n) is 4.10. The Kier molecular flexibility index (Phi) is 2.31. The number of rotatable bonds is 0.